The number of benzene rings is 5. The third kappa shape index (κ3) is 9.60. The Labute approximate surface area is 340 Å². The third-order valence-corrected chi connectivity index (χ3v) is 12.1. The van der Waals surface area contributed by atoms with Crippen LogP contribution < -0.4 is 16.0 Å². The lowest BCUT2D eigenvalue weighted by atomic mass is 9.83. The number of esters is 1. The van der Waals surface area contributed by atoms with Gasteiger partial charge >= 0.3 is 5.97 Å². The van der Waals surface area contributed by atoms with Gasteiger partial charge in [-0.05, 0) is 96.3 Å². The van der Waals surface area contributed by atoms with Crippen molar-refractivity contribution in [3.63, 3.8) is 0 Å². The van der Waals surface area contributed by atoms with Gasteiger partial charge in [0.1, 0.15) is 10.7 Å². The average Bonchev–Trinajstić information content (AvgIpc) is 3.61. The monoisotopic (exact) mass is 791 g/mol. The lowest BCUT2D eigenvalue weighted by Gasteiger charge is -2.22. The summed E-state index contributed by atoms with van der Waals surface area (Å²) in [7, 11) is 1.36. The number of rotatable bonds is 12. The van der Waals surface area contributed by atoms with Crippen LogP contribution in [0.3, 0.4) is 0 Å². The Bertz CT molecular complexity index is 2410. The van der Waals surface area contributed by atoms with Crippen molar-refractivity contribution >= 4 is 63.6 Å². The molecular weight excluding hydrogens is 751 g/mol. The first-order chi connectivity index (χ1) is 27.7. The van der Waals surface area contributed by atoms with Gasteiger partial charge in [-0.15, -0.1) is 23.1 Å². The van der Waals surface area contributed by atoms with Crippen molar-refractivity contribution in [2.45, 2.75) is 42.2 Å². The number of ether oxygens (including phenoxy) is 1. The number of hydrogen-bond acceptors (Lipinski definition) is 7. The van der Waals surface area contributed by atoms with Crippen molar-refractivity contribution in [1.29, 1.82) is 0 Å². The second-order valence-electron chi connectivity index (χ2n) is 13.6. The molecule has 57 heavy (non-hydrogen) atoms. The highest BCUT2D eigenvalue weighted by atomic mass is 32.2. The molecule has 0 radical (unpaired) electrons. The van der Waals surface area contributed by atoms with E-state index in [0.717, 1.165) is 51.3 Å². The summed E-state index contributed by atoms with van der Waals surface area (Å²) in [6.45, 7) is 1.80. The summed E-state index contributed by atoms with van der Waals surface area (Å²) in [6, 6.07) is 44.0. The summed E-state index contributed by atoms with van der Waals surface area (Å²) in [5, 5.41) is 8.71. The van der Waals surface area contributed by atoms with Gasteiger partial charge in [0, 0.05) is 21.0 Å². The zero-order valence-corrected chi connectivity index (χ0v) is 33.1. The predicted molar refractivity (Wildman–Crippen MR) is 230 cm³/mol. The zero-order valence-electron chi connectivity index (χ0n) is 31.5. The maximum absolute atomic E-state index is 13.8. The van der Waals surface area contributed by atoms with E-state index in [-0.39, 0.29) is 11.6 Å². The summed E-state index contributed by atoms with van der Waals surface area (Å²) in [4.78, 5) is 55.5. The fourth-order valence-electron chi connectivity index (χ4n) is 6.83. The number of carbonyl (C=O) groups is 4. The molecule has 0 saturated heterocycles. The van der Waals surface area contributed by atoms with Gasteiger partial charge in [0.05, 0.1) is 17.9 Å². The molecule has 6 aromatic rings. The molecule has 1 heterocycles. The van der Waals surface area contributed by atoms with E-state index >= 15 is 0 Å². The first-order valence-corrected chi connectivity index (χ1v) is 20.4. The Balaban J connectivity index is 1.05. The molecule has 2 atom stereocenters. The van der Waals surface area contributed by atoms with Crippen LogP contribution in [0.1, 0.15) is 61.5 Å². The molecule has 7 rings (SSSR count). The molecule has 0 bridgehead atoms. The number of carbonyl (C=O) groups excluding carboxylic acids is 4. The molecule has 1 aliphatic carbocycles. The molecule has 0 fully saturated rings. The standard InChI is InChI=1S/C47H41N3O5S2/c1-30(43(51)50-46-42(47(54)55-2)39-26-25-36(28-41(39)57-46)33-15-8-4-9-16-33)56-38-20-12-19-37(29-38)48-45(53)40(49-44(52)35-17-10-5-11-18-35)27-31-21-23-34(24-22-31)32-13-6-3-7-14-32/h3-24,27,29-30,36H,25-26,28H2,1-2H3,(H,48,53)(H,49,52)(H,50,51)/b40-27+. The first-order valence-electron chi connectivity index (χ1n) is 18.7. The zero-order chi connectivity index (χ0) is 39.7. The summed E-state index contributed by atoms with van der Waals surface area (Å²) < 4.78 is 5.16. The Hall–Kier alpha value is -6.23. The average molecular weight is 792 g/mol. The Morgan fingerprint density at radius 3 is 2.16 bits per heavy atom. The van der Waals surface area contributed by atoms with E-state index in [2.05, 4.69) is 28.1 Å². The van der Waals surface area contributed by atoms with E-state index in [0.29, 0.717) is 27.7 Å². The number of amides is 3. The molecule has 0 aliphatic heterocycles. The quantitative estimate of drug-likeness (QED) is 0.0646. The van der Waals surface area contributed by atoms with E-state index < -0.39 is 23.0 Å². The molecule has 8 nitrogen and oxygen atoms in total. The van der Waals surface area contributed by atoms with Crippen LogP contribution in [0.4, 0.5) is 10.7 Å². The highest BCUT2D eigenvalue weighted by Crippen LogP contribution is 2.43. The molecule has 1 aromatic heterocycles. The van der Waals surface area contributed by atoms with Crippen LogP contribution in [0.25, 0.3) is 17.2 Å². The molecule has 2 unspecified atom stereocenters. The molecule has 286 valence electrons. The van der Waals surface area contributed by atoms with Crippen LogP contribution in [0, 0.1) is 0 Å². The van der Waals surface area contributed by atoms with Crippen molar-refractivity contribution < 1.29 is 23.9 Å². The summed E-state index contributed by atoms with van der Waals surface area (Å²) in [6.07, 6.45) is 4.06. The molecule has 0 saturated carbocycles. The lowest BCUT2D eigenvalue weighted by Crippen LogP contribution is -2.30. The van der Waals surface area contributed by atoms with E-state index in [1.54, 1.807) is 55.5 Å². The van der Waals surface area contributed by atoms with Crippen molar-refractivity contribution in [3.05, 3.63) is 178 Å². The van der Waals surface area contributed by atoms with Gasteiger partial charge < -0.3 is 20.7 Å². The van der Waals surface area contributed by atoms with E-state index in [1.165, 1.54) is 35.8 Å². The molecular formula is C47H41N3O5S2. The van der Waals surface area contributed by atoms with Crippen molar-refractivity contribution in [2.24, 2.45) is 0 Å². The van der Waals surface area contributed by atoms with Crippen LogP contribution in [0.15, 0.2) is 150 Å². The summed E-state index contributed by atoms with van der Waals surface area (Å²) in [5.74, 6) is -1.30. The Kier molecular flexibility index (Phi) is 12.4. The Morgan fingerprint density at radius 2 is 1.46 bits per heavy atom. The topological polar surface area (TPSA) is 114 Å². The van der Waals surface area contributed by atoms with Crippen LogP contribution in [-0.2, 0) is 27.2 Å². The summed E-state index contributed by atoms with van der Waals surface area (Å²) in [5.41, 5.74) is 6.46. The lowest BCUT2D eigenvalue weighted by molar-refractivity contribution is -0.115. The van der Waals surface area contributed by atoms with Gasteiger partial charge in [0.15, 0.2) is 0 Å². The van der Waals surface area contributed by atoms with Crippen molar-refractivity contribution in [2.75, 3.05) is 17.7 Å². The largest absolute Gasteiger partial charge is 0.465 e. The molecule has 10 heteroatoms. The maximum atomic E-state index is 13.8. The highest BCUT2D eigenvalue weighted by molar-refractivity contribution is 8.00. The van der Waals surface area contributed by atoms with E-state index in [4.69, 9.17) is 4.74 Å². The number of anilines is 2. The molecule has 3 N–H and O–H groups in total. The Morgan fingerprint density at radius 1 is 0.789 bits per heavy atom. The number of methoxy groups -OCH3 is 1. The third-order valence-electron chi connectivity index (χ3n) is 9.79. The second-order valence-corrected chi connectivity index (χ2v) is 16.2. The van der Waals surface area contributed by atoms with Crippen LogP contribution >= 0.6 is 23.1 Å². The minimum atomic E-state index is -0.544. The molecule has 3 amide bonds. The first kappa shape index (κ1) is 39.0. The van der Waals surface area contributed by atoms with Gasteiger partial charge in [-0.2, -0.15) is 0 Å². The van der Waals surface area contributed by atoms with E-state index in [9.17, 15) is 19.2 Å². The number of fused-ring (bicyclic) bond motifs is 1. The molecule has 5 aromatic carbocycles. The number of thioether (sulfide) groups is 1. The maximum Gasteiger partial charge on any atom is 0.341 e. The normalized spacial score (nSPS) is 14.1. The molecule has 1 aliphatic rings. The molecule has 0 spiro atoms. The smallest absolute Gasteiger partial charge is 0.341 e. The number of thiophene rings is 1. The SMILES string of the molecule is COC(=O)c1c(NC(=O)C(C)Sc2cccc(NC(=O)/C(=C\c3ccc(-c4ccccc4)cc3)NC(=O)c3ccccc3)c2)sc2c1CCC(c1ccccc1)C2. The summed E-state index contributed by atoms with van der Waals surface area (Å²) >= 11 is 2.77. The fraction of sp³-hybridized carbons (Fsp3) is 0.149. The van der Waals surface area contributed by atoms with Gasteiger partial charge in [-0.1, -0.05) is 109 Å². The minimum Gasteiger partial charge on any atom is -0.465 e. The minimum absolute atomic E-state index is 0.0669. The highest BCUT2D eigenvalue weighted by Gasteiger charge is 2.31. The van der Waals surface area contributed by atoms with Crippen LogP contribution in [0.5, 0.6) is 0 Å². The van der Waals surface area contributed by atoms with Crippen LogP contribution in [0.2, 0.25) is 0 Å². The predicted octanol–water partition coefficient (Wildman–Crippen LogP) is 10.0. The van der Waals surface area contributed by atoms with Gasteiger partial charge in [-0.3, -0.25) is 14.4 Å². The van der Waals surface area contributed by atoms with E-state index in [1.807, 2.05) is 84.9 Å². The van der Waals surface area contributed by atoms with Gasteiger partial charge in [-0.25, -0.2) is 4.79 Å². The van der Waals surface area contributed by atoms with Gasteiger partial charge in [0.25, 0.3) is 11.8 Å². The van der Waals surface area contributed by atoms with Gasteiger partial charge in [0.2, 0.25) is 5.91 Å². The van der Waals surface area contributed by atoms with Crippen molar-refractivity contribution in [1.82, 2.24) is 5.32 Å². The van der Waals surface area contributed by atoms with Crippen molar-refractivity contribution in [3.8, 4) is 11.1 Å². The second kappa shape index (κ2) is 18.1. The number of hydrogen-bond donors (Lipinski definition) is 3. The fourth-order valence-corrected chi connectivity index (χ4v) is 9.07. The number of nitrogens with one attached hydrogen (secondary N) is 3. The van der Waals surface area contributed by atoms with Crippen LogP contribution in [-0.4, -0.2) is 36.1 Å².